The molecule has 0 aliphatic carbocycles. The average Bonchev–Trinajstić information content (AvgIpc) is 2.78. The molecule has 1 unspecified atom stereocenters. The number of ether oxygens (including phenoxy) is 2. The lowest BCUT2D eigenvalue weighted by Crippen LogP contribution is -2.47. The third kappa shape index (κ3) is 5.11. The van der Waals surface area contributed by atoms with Gasteiger partial charge in [0.2, 0.25) is 0 Å². The third-order valence-corrected chi connectivity index (χ3v) is 4.86. The van der Waals surface area contributed by atoms with Crippen LogP contribution in [-0.4, -0.2) is 17.9 Å². The Hall–Kier alpha value is -3.74. The van der Waals surface area contributed by atoms with Crippen molar-refractivity contribution in [3.8, 4) is 5.75 Å². The molecule has 0 aliphatic rings. The van der Waals surface area contributed by atoms with Crippen LogP contribution in [0.1, 0.15) is 41.4 Å². The standard InChI is InChI=1S/C25H22F2O5/c1-24(2,19-11-7-4-8-12-19)32-20-15-13-18(14-16-20)22(28)31-21(25(26,27)23(29)30)17-9-5-3-6-10-17/h3-16,21H,1-2H3,(H,29,30)/p-1. The van der Waals surface area contributed by atoms with Gasteiger partial charge in [0.1, 0.15) is 17.3 Å². The van der Waals surface area contributed by atoms with Gasteiger partial charge in [-0.25, -0.2) is 4.79 Å². The average molecular weight is 439 g/mol. The molecular formula is C25H21F2O5-. The van der Waals surface area contributed by atoms with Crippen molar-refractivity contribution in [1.29, 1.82) is 0 Å². The maximum atomic E-state index is 14.2. The quantitative estimate of drug-likeness (QED) is 0.490. The van der Waals surface area contributed by atoms with Gasteiger partial charge >= 0.3 is 11.9 Å². The van der Waals surface area contributed by atoms with Gasteiger partial charge in [-0.2, -0.15) is 8.78 Å². The zero-order valence-corrected chi connectivity index (χ0v) is 17.5. The van der Waals surface area contributed by atoms with Gasteiger partial charge in [0, 0.05) is 0 Å². The molecule has 5 nitrogen and oxygen atoms in total. The molecule has 0 heterocycles. The Bertz CT molecular complexity index is 1060. The second-order valence-electron chi connectivity index (χ2n) is 7.61. The molecule has 3 rings (SSSR count). The number of hydrogen-bond donors (Lipinski definition) is 0. The summed E-state index contributed by atoms with van der Waals surface area (Å²) in [7, 11) is 0. The molecule has 0 amide bonds. The molecule has 3 aromatic rings. The number of carboxylic acids is 1. The van der Waals surface area contributed by atoms with Crippen LogP contribution in [0.4, 0.5) is 8.78 Å². The van der Waals surface area contributed by atoms with Crippen LogP contribution in [0.3, 0.4) is 0 Å². The van der Waals surface area contributed by atoms with E-state index in [4.69, 9.17) is 9.47 Å². The summed E-state index contributed by atoms with van der Waals surface area (Å²) in [6.07, 6.45) is -2.34. The Morgan fingerprint density at radius 3 is 1.91 bits per heavy atom. The van der Waals surface area contributed by atoms with Gasteiger partial charge in [0.05, 0.1) is 5.56 Å². The van der Waals surface area contributed by atoms with E-state index < -0.39 is 29.6 Å². The lowest BCUT2D eigenvalue weighted by molar-refractivity contribution is -0.336. The van der Waals surface area contributed by atoms with E-state index in [-0.39, 0.29) is 11.1 Å². The number of aliphatic carboxylic acids is 1. The van der Waals surface area contributed by atoms with E-state index in [1.54, 1.807) is 6.07 Å². The zero-order valence-electron chi connectivity index (χ0n) is 17.5. The fraction of sp³-hybridized carbons (Fsp3) is 0.200. The van der Waals surface area contributed by atoms with Crippen LogP contribution >= 0.6 is 0 Å². The van der Waals surface area contributed by atoms with Crippen molar-refractivity contribution in [2.75, 3.05) is 0 Å². The summed E-state index contributed by atoms with van der Waals surface area (Å²) in [6.45, 7) is 3.77. The maximum absolute atomic E-state index is 14.2. The molecule has 1 atom stereocenters. The third-order valence-electron chi connectivity index (χ3n) is 4.86. The van der Waals surface area contributed by atoms with E-state index in [9.17, 15) is 23.5 Å². The monoisotopic (exact) mass is 439 g/mol. The van der Waals surface area contributed by atoms with Gasteiger partial charge < -0.3 is 19.4 Å². The first-order valence-corrected chi connectivity index (χ1v) is 9.81. The molecule has 0 radical (unpaired) electrons. The Kier molecular flexibility index (Phi) is 6.58. The van der Waals surface area contributed by atoms with E-state index >= 15 is 0 Å². The van der Waals surface area contributed by atoms with Crippen LogP contribution in [0.15, 0.2) is 84.9 Å². The normalized spacial score (nSPS) is 12.6. The molecule has 0 bridgehead atoms. The van der Waals surface area contributed by atoms with Crippen LogP contribution < -0.4 is 9.84 Å². The predicted octanol–water partition coefficient (Wildman–Crippen LogP) is 4.28. The number of alkyl halides is 2. The van der Waals surface area contributed by atoms with Crippen molar-refractivity contribution < 1.29 is 33.0 Å². The van der Waals surface area contributed by atoms with Crippen molar-refractivity contribution >= 4 is 11.9 Å². The molecule has 0 saturated heterocycles. The zero-order chi connectivity index (χ0) is 23.4. The molecule has 0 saturated carbocycles. The van der Waals surface area contributed by atoms with Crippen molar-refractivity contribution in [2.24, 2.45) is 0 Å². The summed E-state index contributed by atoms with van der Waals surface area (Å²) in [6, 6.07) is 22.2. The number of rotatable bonds is 8. The highest BCUT2D eigenvalue weighted by Crippen LogP contribution is 2.35. The lowest BCUT2D eigenvalue weighted by Gasteiger charge is -2.28. The van der Waals surface area contributed by atoms with E-state index in [2.05, 4.69) is 0 Å². The number of carbonyl (C=O) groups excluding carboxylic acids is 2. The predicted molar refractivity (Wildman–Crippen MR) is 111 cm³/mol. The van der Waals surface area contributed by atoms with Crippen molar-refractivity contribution in [3.05, 3.63) is 102 Å². The molecular weight excluding hydrogens is 418 g/mol. The van der Waals surface area contributed by atoms with E-state index in [0.29, 0.717) is 5.75 Å². The molecule has 0 aliphatic heterocycles. The minimum absolute atomic E-state index is 0.0371. The Morgan fingerprint density at radius 1 is 0.844 bits per heavy atom. The summed E-state index contributed by atoms with van der Waals surface area (Å²) in [5.41, 5.74) is 0.0846. The second kappa shape index (κ2) is 9.18. The molecule has 0 spiro atoms. The highest BCUT2D eigenvalue weighted by molar-refractivity contribution is 5.90. The van der Waals surface area contributed by atoms with E-state index in [1.165, 1.54) is 48.5 Å². The first-order valence-electron chi connectivity index (χ1n) is 9.81. The molecule has 0 N–H and O–H groups in total. The van der Waals surface area contributed by atoms with Gasteiger partial charge in [-0.1, -0.05) is 60.7 Å². The highest BCUT2D eigenvalue weighted by atomic mass is 19.3. The summed E-state index contributed by atoms with van der Waals surface area (Å²) in [4.78, 5) is 23.5. The number of benzene rings is 3. The fourth-order valence-electron chi connectivity index (χ4n) is 3.11. The SMILES string of the molecule is CC(C)(Oc1ccc(C(=O)OC(c2ccccc2)C(F)(F)C(=O)[O-])cc1)c1ccccc1. The Balaban J connectivity index is 1.78. The van der Waals surface area contributed by atoms with Crippen LogP contribution in [0.5, 0.6) is 5.75 Å². The number of esters is 1. The second-order valence-corrected chi connectivity index (χ2v) is 7.61. The Labute approximate surface area is 184 Å². The topological polar surface area (TPSA) is 75.7 Å². The minimum atomic E-state index is -4.42. The van der Waals surface area contributed by atoms with E-state index in [0.717, 1.165) is 5.56 Å². The molecule has 7 heteroatoms. The van der Waals surface area contributed by atoms with Gasteiger partial charge in [-0.15, -0.1) is 0 Å². The van der Waals surface area contributed by atoms with Crippen LogP contribution in [0, 0.1) is 0 Å². The summed E-state index contributed by atoms with van der Waals surface area (Å²) < 4.78 is 39.4. The van der Waals surface area contributed by atoms with Crippen molar-refractivity contribution in [1.82, 2.24) is 0 Å². The van der Waals surface area contributed by atoms with E-state index in [1.807, 2.05) is 44.2 Å². The smallest absolute Gasteiger partial charge is 0.338 e. The molecule has 0 fully saturated rings. The van der Waals surface area contributed by atoms with Crippen LogP contribution in [0.2, 0.25) is 0 Å². The van der Waals surface area contributed by atoms with Gasteiger partial charge in [-0.3, -0.25) is 0 Å². The highest BCUT2D eigenvalue weighted by Gasteiger charge is 2.45. The number of hydrogen-bond acceptors (Lipinski definition) is 5. The molecule has 32 heavy (non-hydrogen) atoms. The summed E-state index contributed by atoms with van der Waals surface area (Å²) in [5.74, 6) is -7.70. The first-order chi connectivity index (χ1) is 15.1. The van der Waals surface area contributed by atoms with Crippen molar-refractivity contribution in [2.45, 2.75) is 31.5 Å². The molecule has 0 aromatic heterocycles. The largest absolute Gasteiger partial charge is 0.544 e. The van der Waals surface area contributed by atoms with Crippen molar-refractivity contribution in [3.63, 3.8) is 0 Å². The van der Waals surface area contributed by atoms with Crippen LogP contribution in [0.25, 0.3) is 0 Å². The first kappa shape index (κ1) is 22.9. The minimum Gasteiger partial charge on any atom is -0.544 e. The van der Waals surface area contributed by atoms with Gasteiger partial charge in [0.25, 0.3) is 0 Å². The molecule has 3 aromatic carbocycles. The summed E-state index contributed by atoms with van der Waals surface area (Å²) >= 11 is 0. The maximum Gasteiger partial charge on any atom is 0.338 e. The fourth-order valence-corrected chi connectivity index (χ4v) is 3.11. The van der Waals surface area contributed by atoms with Crippen LogP contribution in [-0.2, 0) is 15.1 Å². The lowest BCUT2D eigenvalue weighted by atomic mass is 9.98. The number of carbonyl (C=O) groups is 2. The Morgan fingerprint density at radius 2 is 1.38 bits per heavy atom. The molecule has 166 valence electrons. The summed E-state index contributed by atoms with van der Waals surface area (Å²) in [5, 5.41) is 11.0. The number of carboxylic acid groups (broad SMARTS) is 1. The number of halogens is 2. The van der Waals surface area contributed by atoms with Gasteiger partial charge in [-0.05, 0) is 49.2 Å². The van der Waals surface area contributed by atoms with Gasteiger partial charge in [0.15, 0.2) is 6.10 Å².